The van der Waals surface area contributed by atoms with E-state index in [0.29, 0.717) is 18.4 Å². The molecule has 1 unspecified atom stereocenters. The quantitative estimate of drug-likeness (QED) is 0.700. The van der Waals surface area contributed by atoms with Crippen molar-refractivity contribution in [2.75, 3.05) is 6.54 Å². The Morgan fingerprint density at radius 2 is 2.00 bits per heavy atom. The lowest BCUT2D eigenvalue weighted by Crippen LogP contribution is -2.50. The van der Waals surface area contributed by atoms with E-state index < -0.39 is 0 Å². The lowest BCUT2D eigenvalue weighted by atomic mass is 9.84. The summed E-state index contributed by atoms with van der Waals surface area (Å²) in [5.74, 6) is 0.603. The normalized spacial score (nSPS) is 31.6. The monoisotopic (exact) mass is 267 g/mol. The van der Waals surface area contributed by atoms with Crippen LogP contribution in [0.3, 0.4) is 0 Å². The first-order chi connectivity index (χ1) is 9.15. The van der Waals surface area contributed by atoms with Crippen molar-refractivity contribution in [2.24, 2.45) is 11.7 Å². The van der Waals surface area contributed by atoms with E-state index in [-0.39, 0.29) is 17.9 Å². The molecule has 0 aromatic carbocycles. The topological polar surface area (TPSA) is 84.2 Å². The summed E-state index contributed by atoms with van der Waals surface area (Å²) in [6.45, 7) is 0.730. The number of hydrogen-bond donors (Lipinski definition) is 3. The van der Waals surface area contributed by atoms with E-state index in [2.05, 4.69) is 10.6 Å². The Bertz CT molecular complexity index is 325. The van der Waals surface area contributed by atoms with Gasteiger partial charge in [-0.15, -0.1) is 0 Å². The zero-order valence-electron chi connectivity index (χ0n) is 11.5. The van der Waals surface area contributed by atoms with Gasteiger partial charge in [-0.2, -0.15) is 0 Å². The number of rotatable bonds is 4. The van der Waals surface area contributed by atoms with Crippen LogP contribution in [0.1, 0.15) is 51.4 Å². The van der Waals surface area contributed by atoms with Gasteiger partial charge in [0.15, 0.2) is 0 Å². The van der Waals surface area contributed by atoms with Crippen LogP contribution in [-0.2, 0) is 9.59 Å². The van der Waals surface area contributed by atoms with E-state index >= 15 is 0 Å². The second-order valence-corrected chi connectivity index (χ2v) is 5.87. The molecule has 1 atom stereocenters. The Kier molecular flexibility index (Phi) is 5.19. The molecule has 5 nitrogen and oxygen atoms in total. The fourth-order valence-electron chi connectivity index (χ4n) is 2.99. The number of nitrogens with two attached hydrogens (primary N) is 1. The molecule has 19 heavy (non-hydrogen) atoms. The highest BCUT2D eigenvalue weighted by Crippen LogP contribution is 2.26. The smallest absolute Gasteiger partial charge is 0.242 e. The molecular weight excluding hydrogens is 242 g/mol. The lowest BCUT2D eigenvalue weighted by Gasteiger charge is -2.26. The van der Waals surface area contributed by atoms with E-state index in [1.165, 1.54) is 0 Å². The molecule has 1 aliphatic carbocycles. The SMILES string of the molecule is NC1CCC(CCC(=O)NC2CCCNC2=O)CC1. The lowest BCUT2D eigenvalue weighted by molar-refractivity contribution is -0.130. The average molecular weight is 267 g/mol. The third-order valence-corrected chi connectivity index (χ3v) is 4.29. The Hall–Kier alpha value is -1.10. The predicted molar refractivity (Wildman–Crippen MR) is 73.3 cm³/mol. The first-order valence-corrected chi connectivity index (χ1v) is 7.48. The molecule has 5 heteroatoms. The van der Waals surface area contributed by atoms with E-state index in [0.717, 1.165) is 51.5 Å². The van der Waals surface area contributed by atoms with Gasteiger partial charge in [-0.25, -0.2) is 0 Å². The second kappa shape index (κ2) is 6.89. The molecule has 108 valence electrons. The first kappa shape index (κ1) is 14.3. The van der Waals surface area contributed by atoms with Crippen molar-refractivity contribution < 1.29 is 9.59 Å². The minimum absolute atomic E-state index is 0.0110. The van der Waals surface area contributed by atoms with Gasteiger partial charge in [0.2, 0.25) is 11.8 Å². The van der Waals surface area contributed by atoms with Crippen molar-refractivity contribution in [2.45, 2.75) is 63.5 Å². The number of hydrogen-bond acceptors (Lipinski definition) is 3. The number of piperidine rings is 1. The fraction of sp³-hybridized carbons (Fsp3) is 0.857. The minimum Gasteiger partial charge on any atom is -0.354 e. The molecule has 1 saturated heterocycles. The van der Waals surface area contributed by atoms with E-state index in [1.54, 1.807) is 0 Å². The van der Waals surface area contributed by atoms with Gasteiger partial charge >= 0.3 is 0 Å². The summed E-state index contributed by atoms with van der Waals surface area (Å²) in [6.07, 6.45) is 7.59. The summed E-state index contributed by atoms with van der Waals surface area (Å²) in [7, 11) is 0. The maximum Gasteiger partial charge on any atom is 0.242 e. The van der Waals surface area contributed by atoms with Gasteiger partial charge in [0.05, 0.1) is 0 Å². The molecule has 2 amide bonds. The van der Waals surface area contributed by atoms with Crippen LogP contribution in [0.5, 0.6) is 0 Å². The number of carbonyl (C=O) groups is 2. The molecule has 1 aliphatic heterocycles. The molecule has 0 aromatic rings. The molecule has 2 rings (SSSR count). The fourth-order valence-corrected chi connectivity index (χ4v) is 2.99. The van der Waals surface area contributed by atoms with Crippen molar-refractivity contribution in [3.05, 3.63) is 0 Å². The van der Waals surface area contributed by atoms with Gasteiger partial charge in [-0.3, -0.25) is 9.59 Å². The van der Waals surface area contributed by atoms with Crippen molar-refractivity contribution >= 4 is 11.8 Å². The van der Waals surface area contributed by atoms with E-state index in [1.807, 2.05) is 0 Å². The highest BCUT2D eigenvalue weighted by Gasteiger charge is 2.24. The molecular formula is C14H25N3O2. The summed E-state index contributed by atoms with van der Waals surface area (Å²) in [4.78, 5) is 23.4. The molecule has 0 aromatic heterocycles. The van der Waals surface area contributed by atoms with Crippen LogP contribution in [0.15, 0.2) is 0 Å². The van der Waals surface area contributed by atoms with Crippen molar-refractivity contribution in [1.82, 2.24) is 10.6 Å². The van der Waals surface area contributed by atoms with Crippen LogP contribution in [0.25, 0.3) is 0 Å². The number of carbonyl (C=O) groups excluding carboxylic acids is 2. The second-order valence-electron chi connectivity index (χ2n) is 5.87. The van der Waals surface area contributed by atoms with Crippen molar-refractivity contribution in [3.8, 4) is 0 Å². The molecule has 2 fully saturated rings. The third kappa shape index (κ3) is 4.49. The minimum atomic E-state index is -0.318. The molecule has 0 bridgehead atoms. The van der Waals surface area contributed by atoms with E-state index in [4.69, 9.17) is 5.73 Å². The Morgan fingerprint density at radius 3 is 2.68 bits per heavy atom. The highest BCUT2D eigenvalue weighted by atomic mass is 16.2. The maximum atomic E-state index is 11.8. The molecule has 1 heterocycles. The molecule has 2 aliphatic rings. The Morgan fingerprint density at radius 1 is 1.26 bits per heavy atom. The van der Waals surface area contributed by atoms with Crippen LogP contribution in [0, 0.1) is 5.92 Å². The van der Waals surface area contributed by atoms with Crippen LogP contribution in [0.2, 0.25) is 0 Å². The summed E-state index contributed by atoms with van der Waals surface area (Å²) in [6, 6.07) is 0.0389. The molecule has 0 radical (unpaired) electrons. The third-order valence-electron chi connectivity index (χ3n) is 4.29. The van der Waals surface area contributed by atoms with Gasteiger partial charge in [0.1, 0.15) is 6.04 Å². The van der Waals surface area contributed by atoms with Crippen molar-refractivity contribution in [1.29, 1.82) is 0 Å². The van der Waals surface area contributed by atoms with Crippen LogP contribution in [0.4, 0.5) is 0 Å². The predicted octanol–water partition coefficient (Wildman–Crippen LogP) is 0.679. The van der Waals surface area contributed by atoms with Crippen LogP contribution >= 0.6 is 0 Å². The number of nitrogens with one attached hydrogen (secondary N) is 2. The summed E-state index contributed by atoms with van der Waals surface area (Å²) < 4.78 is 0. The zero-order valence-corrected chi connectivity index (χ0v) is 11.5. The maximum absolute atomic E-state index is 11.8. The van der Waals surface area contributed by atoms with E-state index in [9.17, 15) is 9.59 Å². The van der Waals surface area contributed by atoms with Gasteiger partial charge in [-0.05, 0) is 50.9 Å². The van der Waals surface area contributed by atoms with Gasteiger partial charge in [-0.1, -0.05) is 0 Å². The van der Waals surface area contributed by atoms with Gasteiger partial charge in [0.25, 0.3) is 0 Å². The largest absolute Gasteiger partial charge is 0.354 e. The highest BCUT2D eigenvalue weighted by molar-refractivity contribution is 5.88. The average Bonchev–Trinajstić information content (AvgIpc) is 2.41. The standard InChI is InChI=1S/C14H25N3O2/c15-11-6-3-10(4-7-11)5-8-13(18)17-12-2-1-9-16-14(12)19/h10-12H,1-9,15H2,(H,16,19)(H,17,18). The Labute approximate surface area is 114 Å². The molecule has 0 spiro atoms. The van der Waals surface area contributed by atoms with Gasteiger partial charge in [0, 0.05) is 19.0 Å². The molecule has 4 N–H and O–H groups in total. The summed E-state index contributed by atoms with van der Waals surface area (Å²) in [5.41, 5.74) is 5.87. The zero-order chi connectivity index (χ0) is 13.7. The van der Waals surface area contributed by atoms with Crippen molar-refractivity contribution in [3.63, 3.8) is 0 Å². The molecule has 1 saturated carbocycles. The van der Waals surface area contributed by atoms with Crippen LogP contribution in [-0.4, -0.2) is 30.4 Å². The Balaban J connectivity index is 1.65. The summed E-state index contributed by atoms with van der Waals surface area (Å²) >= 11 is 0. The first-order valence-electron chi connectivity index (χ1n) is 7.48. The van der Waals surface area contributed by atoms with Gasteiger partial charge < -0.3 is 16.4 Å². The summed E-state index contributed by atoms with van der Waals surface area (Å²) in [5, 5.41) is 5.62. The number of amides is 2. The van der Waals surface area contributed by atoms with Crippen LogP contribution < -0.4 is 16.4 Å².